The van der Waals surface area contributed by atoms with Gasteiger partial charge in [0, 0.05) is 12.6 Å². The number of carbonyl (C=O) groups excluding carboxylic acids is 1. The third-order valence-corrected chi connectivity index (χ3v) is 7.53. The van der Waals surface area contributed by atoms with Gasteiger partial charge in [0.1, 0.15) is 12.2 Å². The molecule has 4 aromatic rings. The zero-order chi connectivity index (χ0) is 21.5. The highest BCUT2D eigenvalue weighted by atomic mass is 32.1. The number of piperidine rings is 1. The lowest BCUT2D eigenvalue weighted by Crippen LogP contribution is -2.44. The fourth-order valence-corrected chi connectivity index (χ4v) is 5.96. The number of hydrogen-bond donors (Lipinski definition) is 0. The second kappa shape index (κ2) is 8.05. The summed E-state index contributed by atoms with van der Waals surface area (Å²) in [5.41, 5.74) is 2.31. The smallest absolute Gasteiger partial charge is 0.262 e. The first-order valence-corrected chi connectivity index (χ1v) is 11.8. The second-order valence-corrected chi connectivity index (χ2v) is 9.71. The van der Waals surface area contributed by atoms with E-state index in [1.165, 1.54) is 11.3 Å². The molecule has 0 N–H and O–H groups in total. The Morgan fingerprint density at radius 3 is 2.61 bits per heavy atom. The minimum atomic E-state index is -0.154. The molecule has 1 atom stereocenters. The third kappa shape index (κ3) is 3.42. The largest absolute Gasteiger partial charge is 0.338 e. The summed E-state index contributed by atoms with van der Waals surface area (Å²) in [7, 11) is 0. The lowest BCUT2D eigenvalue weighted by molar-refractivity contribution is -0.135. The number of carbonyl (C=O) groups is 1. The second-order valence-electron chi connectivity index (χ2n) is 8.06. The Morgan fingerprint density at radius 1 is 1.10 bits per heavy atom. The van der Waals surface area contributed by atoms with Crippen LogP contribution in [0.5, 0.6) is 0 Å². The van der Waals surface area contributed by atoms with Gasteiger partial charge in [-0.15, -0.1) is 11.3 Å². The number of aromatic nitrogens is 2. The van der Waals surface area contributed by atoms with Crippen LogP contribution in [0, 0.1) is 3.95 Å². The molecule has 1 aliphatic rings. The monoisotopic (exact) mass is 449 g/mol. The van der Waals surface area contributed by atoms with Crippen molar-refractivity contribution in [2.45, 2.75) is 38.8 Å². The molecule has 1 fully saturated rings. The van der Waals surface area contributed by atoms with Crippen LogP contribution in [0.4, 0.5) is 0 Å². The van der Waals surface area contributed by atoms with Gasteiger partial charge < -0.3 is 4.90 Å². The van der Waals surface area contributed by atoms with Gasteiger partial charge in [-0.25, -0.2) is 0 Å². The van der Waals surface area contributed by atoms with Crippen LogP contribution >= 0.6 is 23.6 Å². The van der Waals surface area contributed by atoms with Crippen LogP contribution in [-0.2, 0) is 11.3 Å². The summed E-state index contributed by atoms with van der Waals surface area (Å²) >= 11 is 7.21. The number of thiazole rings is 1. The average Bonchev–Trinajstić information content (AvgIpc) is 3.14. The number of para-hydroxylation sites is 1. The molecule has 1 unspecified atom stereocenters. The van der Waals surface area contributed by atoms with Crippen LogP contribution in [0.25, 0.3) is 27.0 Å². The fourth-order valence-electron chi connectivity index (χ4n) is 4.53. The molecular weight excluding hydrogens is 426 g/mol. The average molecular weight is 450 g/mol. The van der Waals surface area contributed by atoms with Crippen molar-refractivity contribution in [1.82, 2.24) is 13.9 Å². The van der Waals surface area contributed by atoms with E-state index in [0.717, 1.165) is 41.8 Å². The Bertz CT molecular complexity index is 1400. The van der Waals surface area contributed by atoms with Crippen molar-refractivity contribution in [3.8, 4) is 10.4 Å². The molecule has 5 nitrogen and oxygen atoms in total. The van der Waals surface area contributed by atoms with Gasteiger partial charge in [0.15, 0.2) is 3.95 Å². The van der Waals surface area contributed by atoms with Crippen molar-refractivity contribution >= 4 is 46.0 Å². The summed E-state index contributed by atoms with van der Waals surface area (Å²) in [6, 6.07) is 17.6. The van der Waals surface area contributed by atoms with E-state index in [9.17, 15) is 9.59 Å². The number of nitrogens with zero attached hydrogens (tertiary/aromatic N) is 3. The van der Waals surface area contributed by atoms with E-state index >= 15 is 0 Å². The van der Waals surface area contributed by atoms with Gasteiger partial charge in [-0.2, -0.15) is 0 Å². The summed E-state index contributed by atoms with van der Waals surface area (Å²) in [6.07, 6.45) is 3.16. The van der Waals surface area contributed by atoms with E-state index in [4.69, 9.17) is 12.2 Å². The van der Waals surface area contributed by atoms with E-state index in [0.29, 0.717) is 15.0 Å². The van der Waals surface area contributed by atoms with Gasteiger partial charge in [-0.3, -0.25) is 18.6 Å². The molecule has 0 spiro atoms. The maximum absolute atomic E-state index is 13.6. The Balaban J connectivity index is 1.78. The van der Waals surface area contributed by atoms with E-state index in [-0.39, 0.29) is 24.1 Å². The normalized spacial score (nSPS) is 16.8. The Morgan fingerprint density at radius 2 is 1.84 bits per heavy atom. The zero-order valence-electron chi connectivity index (χ0n) is 17.3. The molecule has 0 saturated carbocycles. The van der Waals surface area contributed by atoms with Crippen LogP contribution in [0.3, 0.4) is 0 Å². The lowest BCUT2D eigenvalue weighted by atomic mass is 10.0. The standard InChI is InChI=1S/C24H23N3O2S2/c1-16-9-7-8-14-25(16)20(28)15-26-22-21(17-10-3-2-4-11-17)31-24(30)27(22)19-13-6-5-12-18(19)23(26)29/h2-6,10-13,16H,7-9,14-15H2,1H3. The van der Waals surface area contributed by atoms with Gasteiger partial charge in [0.25, 0.3) is 5.56 Å². The number of amides is 1. The van der Waals surface area contributed by atoms with E-state index in [1.807, 2.05) is 63.9 Å². The Hall–Kier alpha value is -2.77. The molecule has 31 heavy (non-hydrogen) atoms. The van der Waals surface area contributed by atoms with Gasteiger partial charge in [-0.1, -0.05) is 42.5 Å². The molecule has 0 aliphatic carbocycles. The molecule has 2 aromatic heterocycles. The van der Waals surface area contributed by atoms with Gasteiger partial charge in [-0.05, 0) is 56.1 Å². The van der Waals surface area contributed by atoms with Crippen molar-refractivity contribution in [1.29, 1.82) is 0 Å². The van der Waals surface area contributed by atoms with E-state index in [2.05, 4.69) is 6.92 Å². The van der Waals surface area contributed by atoms with Crippen LogP contribution in [0.1, 0.15) is 26.2 Å². The first-order valence-electron chi connectivity index (χ1n) is 10.6. The Kier molecular flexibility index (Phi) is 5.24. The first-order chi connectivity index (χ1) is 15.1. The topological polar surface area (TPSA) is 46.7 Å². The quantitative estimate of drug-likeness (QED) is 0.408. The maximum atomic E-state index is 13.6. The molecule has 1 saturated heterocycles. The molecule has 2 aromatic carbocycles. The third-order valence-electron chi connectivity index (χ3n) is 6.12. The lowest BCUT2D eigenvalue weighted by Gasteiger charge is -2.33. The first kappa shape index (κ1) is 20.2. The van der Waals surface area contributed by atoms with Gasteiger partial charge in [0.05, 0.1) is 15.8 Å². The minimum Gasteiger partial charge on any atom is -0.338 e. The summed E-state index contributed by atoms with van der Waals surface area (Å²) in [4.78, 5) is 29.7. The summed E-state index contributed by atoms with van der Waals surface area (Å²) in [5.74, 6) is -0.0115. The van der Waals surface area contributed by atoms with Gasteiger partial charge >= 0.3 is 0 Å². The highest BCUT2D eigenvalue weighted by Gasteiger charge is 2.26. The highest BCUT2D eigenvalue weighted by molar-refractivity contribution is 7.73. The predicted octanol–water partition coefficient (Wildman–Crippen LogP) is 5.11. The van der Waals surface area contributed by atoms with Crippen molar-refractivity contribution in [2.24, 2.45) is 0 Å². The van der Waals surface area contributed by atoms with Crippen LogP contribution < -0.4 is 5.56 Å². The van der Waals surface area contributed by atoms with Crippen LogP contribution in [0.2, 0.25) is 0 Å². The van der Waals surface area contributed by atoms with Crippen molar-refractivity contribution in [3.05, 3.63) is 68.9 Å². The molecule has 5 rings (SSSR count). The minimum absolute atomic E-state index is 0.0115. The van der Waals surface area contributed by atoms with Crippen molar-refractivity contribution in [3.63, 3.8) is 0 Å². The van der Waals surface area contributed by atoms with E-state index < -0.39 is 0 Å². The van der Waals surface area contributed by atoms with Crippen molar-refractivity contribution < 1.29 is 4.79 Å². The molecule has 7 heteroatoms. The maximum Gasteiger partial charge on any atom is 0.262 e. The number of benzene rings is 2. The zero-order valence-corrected chi connectivity index (χ0v) is 18.9. The van der Waals surface area contributed by atoms with E-state index in [1.54, 1.807) is 4.57 Å². The highest BCUT2D eigenvalue weighted by Crippen LogP contribution is 2.33. The van der Waals surface area contributed by atoms with Gasteiger partial charge in [0.2, 0.25) is 5.91 Å². The molecule has 1 aliphatic heterocycles. The summed E-state index contributed by atoms with van der Waals surface area (Å²) < 4.78 is 4.24. The number of rotatable bonds is 3. The number of fused-ring (bicyclic) bond motifs is 3. The number of likely N-dealkylation sites (tertiary alicyclic amines) is 1. The van der Waals surface area contributed by atoms with Crippen LogP contribution in [0.15, 0.2) is 59.4 Å². The summed E-state index contributed by atoms with van der Waals surface area (Å²) in [5, 5.41) is 0.572. The number of hydrogen-bond acceptors (Lipinski definition) is 4. The molecule has 0 radical (unpaired) electrons. The fraction of sp³-hybridized carbons (Fsp3) is 0.292. The predicted molar refractivity (Wildman–Crippen MR) is 128 cm³/mol. The molecule has 1 amide bonds. The van der Waals surface area contributed by atoms with Crippen molar-refractivity contribution in [2.75, 3.05) is 6.54 Å². The summed E-state index contributed by atoms with van der Waals surface area (Å²) in [6.45, 7) is 2.86. The Labute approximate surface area is 189 Å². The molecule has 158 valence electrons. The van der Waals surface area contributed by atoms with Crippen LogP contribution in [-0.4, -0.2) is 32.4 Å². The SMILES string of the molecule is CC1CCCCN1C(=O)Cn1c(=O)c2ccccc2n2c(=S)sc(-c3ccccc3)c12. The molecule has 3 heterocycles. The molecule has 0 bridgehead atoms. The molecular formula is C24H23N3O2S2.